The van der Waals surface area contributed by atoms with Crippen LogP contribution in [0.3, 0.4) is 0 Å². The van der Waals surface area contributed by atoms with Crippen LogP contribution in [0.25, 0.3) is 0 Å². The van der Waals surface area contributed by atoms with E-state index in [2.05, 4.69) is 10.6 Å². The van der Waals surface area contributed by atoms with Gasteiger partial charge in [0.25, 0.3) is 0 Å². The van der Waals surface area contributed by atoms with E-state index in [0.29, 0.717) is 19.8 Å². The fourth-order valence-corrected chi connectivity index (χ4v) is 1.92. The van der Waals surface area contributed by atoms with Gasteiger partial charge in [0, 0.05) is 20.0 Å². The van der Waals surface area contributed by atoms with Crippen molar-refractivity contribution < 1.29 is 14.3 Å². The zero-order valence-electron chi connectivity index (χ0n) is 13.2. The van der Waals surface area contributed by atoms with Crippen LogP contribution in [0.2, 0.25) is 0 Å². The first-order valence-electron chi connectivity index (χ1n) is 7.51. The number of rotatable bonds is 10. The molecule has 0 saturated carbocycles. The highest BCUT2D eigenvalue weighted by Crippen LogP contribution is 2.28. The number of benzene rings is 1. The Balaban J connectivity index is 2.40. The van der Waals surface area contributed by atoms with Gasteiger partial charge >= 0.3 is 0 Å². The lowest BCUT2D eigenvalue weighted by atomic mass is 10.2. The normalized spacial score (nSPS) is 10.2. The molecule has 118 valence electrons. The van der Waals surface area contributed by atoms with E-state index in [-0.39, 0.29) is 5.91 Å². The summed E-state index contributed by atoms with van der Waals surface area (Å²) in [6, 6.07) is 5.99. The second-order valence-corrected chi connectivity index (χ2v) is 4.66. The molecule has 0 saturated heterocycles. The third kappa shape index (κ3) is 6.99. The Kier molecular flexibility index (Phi) is 8.28. The van der Waals surface area contributed by atoms with Crippen molar-refractivity contribution in [2.24, 2.45) is 0 Å². The van der Waals surface area contributed by atoms with Gasteiger partial charge in [-0.2, -0.15) is 0 Å². The Bertz CT molecular complexity index is 436. The Morgan fingerprint density at radius 1 is 1.10 bits per heavy atom. The minimum Gasteiger partial charge on any atom is -0.490 e. The summed E-state index contributed by atoms with van der Waals surface area (Å²) < 4.78 is 11.1. The third-order valence-electron chi connectivity index (χ3n) is 2.84. The van der Waals surface area contributed by atoms with Crippen molar-refractivity contribution in [1.29, 1.82) is 0 Å². The first-order valence-corrected chi connectivity index (χ1v) is 7.51. The van der Waals surface area contributed by atoms with Crippen LogP contribution >= 0.6 is 0 Å². The van der Waals surface area contributed by atoms with Crippen molar-refractivity contribution in [1.82, 2.24) is 10.6 Å². The molecule has 0 atom stereocenters. The molecule has 0 aliphatic rings. The molecule has 21 heavy (non-hydrogen) atoms. The first kappa shape index (κ1) is 17.3. The Hall–Kier alpha value is -1.75. The molecule has 0 heterocycles. The molecule has 1 aromatic rings. The summed E-state index contributed by atoms with van der Waals surface area (Å²) in [5, 5.41) is 6.12. The summed E-state index contributed by atoms with van der Waals surface area (Å²) in [5.74, 6) is 1.59. The quantitative estimate of drug-likeness (QED) is 0.649. The maximum absolute atomic E-state index is 10.7. The topological polar surface area (TPSA) is 59.6 Å². The predicted octanol–water partition coefficient (Wildman–Crippen LogP) is 2.10. The molecule has 0 unspecified atom stereocenters. The van der Waals surface area contributed by atoms with Crippen LogP contribution in [0.4, 0.5) is 0 Å². The highest BCUT2D eigenvalue weighted by atomic mass is 16.5. The average molecular weight is 294 g/mol. The smallest absolute Gasteiger partial charge is 0.216 e. The maximum Gasteiger partial charge on any atom is 0.216 e. The van der Waals surface area contributed by atoms with E-state index in [1.807, 2.05) is 32.0 Å². The molecule has 0 aliphatic carbocycles. The van der Waals surface area contributed by atoms with Gasteiger partial charge in [-0.1, -0.05) is 6.07 Å². The minimum absolute atomic E-state index is 0.0165. The summed E-state index contributed by atoms with van der Waals surface area (Å²) in [6.07, 6.45) is 0.912. The molecule has 5 nitrogen and oxygen atoms in total. The van der Waals surface area contributed by atoms with Crippen LogP contribution < -0.4 is 20.1 Å². The average Bonchev–Trinajstić information content (AvgIpc) is 2.45. The molecule has 2 N–H and O–H groups in total. The molecule has 0 bridgehead atoms. The molecule has 0 fully saturated rings. The number of ether oxygens (including phenoxy) is 2. The second kappa shape index (κ2) is 10.0. The number of hydrogen-bond acceptors (Lipinski definition) is 4. The van der Waals surface area contributed by atoms with Crippen LogP contribution in [0.1, 0.15) is 32.8 Å². The minimum atomic E-state index is 0.0165. The van der Waals surface area contributed by atoms with Crippen molar-refractivity contribution in [3.63, 3.8) is 0 Å². The molecule has 0 aliphatic heterocycles. The maximum atomic E-state index is 10.7. The number of carbonyl (C=O) groups excluding carboxylic acids is 1. The van der Waals surface area contributed by atoms with Crippen molar-refractivity contribution in [3.05, 3.63) is 23.8 Å². The Labute approximate surface area is 127 Å². The van der Waals surface area contributed by atoms with Gasteiger partial charge in [0.1, 0.15) is 0 Å². The molecular formula is C16H26N2O3. The SMILES string of the molecule is CCOc1ccc(CNCCCNC(C)=O)cc1OCC. The van der Waals surface area contributed by atoms with Crippen molar-refractivity contribution >= 4 is 5.91 Å². The summed E-state index contributed by atoms with van der Waals surface area (Å²) in [6.45, 7) is 9.03. The molecule has 1 amide bonds. The first-order chi connectivity index (χ1) is 10.2. The van der Waals surface area contributed by atoms with Crippen LogP contribution in [0.5, 0.6) is 11.5 Å². The van der Waals surface area contributed by atoms with Crippen molar-refractivity contribution in [2.75, 3.05) is 26.3 Å². The lowest BCUT2D eigenvalue weighted by molar-refractivity contribution is -0.118. The van der Waals surface area contributed by atoms with Crippen molar-refractivity contribution in [2.45, 2.75) is 33.7 Å². The number of nitrogens with one attached hydrogen (secondary N) is 2. The molecule has 1 rings (SSSR count). The van der Waals surface area contributed by atoms with E-state index >= 15 is 0 Å². The summed E-state index contributed by atoms with van der Waals surface area (Å²) in [5.41, 5.74) is 1.15. The molecule has 0 radical (unpaired) electrons. The van der Waals surface area contributed by atoms with Gasteiger partial charge in [-0.05, 0) is 44.5 Å². The van der Waals surface area contributed by atoms with Gasteiger partial charge in [0.2, 0.25) is 5.91 Å². The summed E-state index contributed by atoms with van der Waals surface area (Å²) in [4.78, 5) is 10.7. The highest BCUT2D eigenvalue weighted by molar-refractivity contribution is 5.72. The van der Waals surface area contributed by atoms with Gasteiger partial charge in [-0.3, -0.25) is 4.79 Å². The van der Waals surface area contributed by atoms with Crippen LogP contribution in [-0.2, 0) is 11.3 Å². The lowest BCUT2D eigenvalue weighted by Crippen LogP contribution is -2.24. The van der Waals surface area contributed by atoms with Crippen LogP contribution in [0.15, 0.2) is 18.2 Å². The Morgan fingerprint density at radius 3 is 2.48 bits per heavy atom. The van der Waals surface area contributed by atoms with E-state index in [1.165, 1.54) is 6.92 Å². The standard InChI is InChI=1S/C16H26N2O3/c1-4-20-15-8-7-14(11-16(15)21-5-2)12-17-9-6-10-18-13(3)19/h7-8,11,17H,4-6,9-10,12H2,1-3H3,(H,18,19). The fraction of sp³-hybridized carbons (Fsp3) is 0.562. The largest absolute Gasteiger partial charge is 0.490 e. The van der Waals surface area contributed by atoms with E-state index in [9.17, 15) is 4.79 Å². The molecule has 0 aromatic heterocycles. The number of amides is 1. The zero-order chi connectivity index (χ0) is 15.5. The fourth-order valence-electron chi connectivity index (χ4n) is 1.92. The Morgan fingerprint density at radius 2 is 1.81 bits per heavy atom. The predicted molar refractivity (Wildman–Crippen MR) is 83.8 cm³/mol. The van der Waals surface area contributed by atoms with Crippen LogP contribution in [0, 0.1) is 0 Å². The highest BCUT2D eigenvalue weighted by Gasteiger charge is 2.05. The molecule has 1 aromatic carbocycles. The van der Waals surface area contributed by atoms with E-state index < -0.39 is 0 Å². The van der Waals surface area contributed by atoms with Gasteiger partial charge in [0.05, 0.1) is 13.2 Å². The lowest BCUT2D eigenvalue weighted by Gasteiger charge is -2.13. The van der Waals surface area contributed by atoms with E-state index in [1.54, 1.807) is 0 Å². The number of carbonyl (C=O) groups is 1. The van der Waals surface area contributed by atoms with E-state index in [0.717, 1.165) is 36.6 Å². The molecular weight excluding hydrogens is 268 g/mol. The van der Waals surface area contributed by atoms with Gasteiger partial charge < -0.3 is 20.1 Å². The summed E-state index contributed by atoms with van der Waals surface area (Å²) in [7, 11) is 0. The van der Waals surface area contributed by atoms with E-state index in [4.69, 9.17) is 9.47 Å². The van der Waals surface area contributed by atoms with Crippen molar-refractivity contribution in [3.8, 4) is 11.5 Å². The number of hydrogen-bond donors (Lipinski definition) is 2. The third-order valence-corrected chi connectivity index (χ3v) is 2.84. The zero-order valence-corrected chi connectivity index (χ0v) is 13.2. The van der Waals surface area contributed by atoms with Crippen LogP contribution in [-0.4, -0.2) is 32.2 Å². The monoisotopic (exact) mass is 294 g/mol. The van der Waals surface area contributed by atoms with Gasteiger partial charge in [0.15, 0.2) is 11.5 Å². The molecule has 5 heteroatoms. The van der Waals surface area contributed by atoms with Gasteiger partial charge in [-0.15, -0.1) is 0 Å². The second-order valence-electron chi connectivity index (χ2n) is 4.66. The van der Waals surface area contributed by atoms with Gasteiger partial charge in [-0.25, -0.2) is 0 Å². The summed E-state index contributed by atoms with van der Waals surface area (Å²) >= 11 is 0. The molecule has 0 spiro atoms.